The fourth-order valence-corrected chi connectivity index (χ4v) is 7.82. The molecular formula is C43H30N4S. The highest BCUT2D eigenvalue weighted by atomic mass is 32.1. The Morgan fingerprint density at radius 2 is 1.17 bits per heavy atom. The fraction of sp³-hybridized carbons (Fsp3) is 0.0465. The van der Waals surface area contributed by atoms with Gasteiger partial charge in [-0.05, 0) is 42.8 Å². The van der Waals surface area contributed by atoms with E-state index in [9.17, 15) is 0 Å². The number of para-hydroxylation sites is 3. The van der Waals surface area contributed by atoms with Crippen LogP contribution in [0.1, 0.15) is 12.5 Å². The topological polar surface area (TPSA) is 43.6 Å². The Bertz CT molecular complexity index is 2550. The quantitative estimate of drug-likeness (QED) is 0.183. The molecule has 0 atom stereocenters. The van der Waals surface area contributed by atoms with E-state index in [2.05, 4.69) is 139 Å². The molecule has 4 nitrogen and oxygen atoms in total. The summed E-state index contributed by atoms with van der Waals surface area (Å²) >= 11 is 1.74. The minimum atomic E-state index is 0.730. The molecule has 228 valence electrons. The van der Waals surface area contributed by atoms with Crippen LogP contribution in [0.15, 0.2) is 152 Å². The Balaban J connectivity index is 1.24. The van der Waals surface area contributed by atoms with Crippen LogP contribution in [0.3, 0.4) is 0 Å². The second-order valence-corrected chi connectivity index (χ2v) is 12.9. The van der Waals surface area contributed by atoms with Gasteiger partial charge in [-0.2, -0.15) is 0 Å². The predicted octanol–water partition coefficient (Wildman–Crippen LogP) is 11.4. The summed E-state index contributed by atoms with van der Waals surface area (Å²) in [7, 11) is 0. The van der Waals surface area contributed by atoms with Gasteiger partial charge in [0.15, 0.2) is 5.82 Å². The maximum absolute atomic E-state index is 5.21. The first-order valence-electron chi connectivity index (χ1n) is 16.3. The molecule has 9 aromatic rings. The van der Waals surface area contributed by atoms with Gasteiger partial charge in [0.05, 0.1) is 32.6 Å². The summed E-state index contributed by atoms with van der Waals surface area (Å²) < 4.78 is 3.58. The summed E-state index contributed by atoms with van der Waals surface area (Å²) in [6.45, 7) is 2.19. The van der Waals surface area contributed by atoms with Crippen molar-refractivity contribution < 1.29 is 0 Å². The molecule has 5 heteroatoms. The highest BCUT2D eigenvalue weighted by molar-refractivity contribution is 7.21. The van der Waals surface area contributed by atoms with Crippen LogP contribution in [0.2, 0.25) is 0 Å². The molecule has 9 rings (SSSR count). The van der Waals surface area contributed by atoms with Gasteiger partial charge in [0.2, 0.25) is 0 Å². The van der Waals surface area contributed by atoms with Crippen LogP contribution < -0.4 is 0 Å². The van der Waals surface area contributed by atoms with Crippen molar-refractivity contribution in [3.8, 4) is 50.2 Å². The molecule has 0 amide bonds. The minimum absolute atomic E-state index is 0.730. The lowest BCUT2D eigenvalue weighted by Gasteiger charge is -2.16. The number of hydrogen-bond acceptors (Lipinski definition) is 4. The van der Waals surface area contributed by atoms with E-state index in [1.54, 1.807) is 11.3 Å². The summed E-state index contributed by atoms with van der Waals surface area (Å²) in [6.07, 6.45) is 0.814. The Kier molecular flexibility index (Phi) is 6.91. The van der Waals surface area contributed by atoms with Crippen LogP contribution in [0, 0.1) is 0 Å². The number of nitrogens with zero attached hydrogens (tertiary/aromatic N) is 4. The van der Waals surface area contributed by atoms with E-state index in [4.69, 9.17) is 15.0 Å². The van der Waals surface area contributed by atoms with Gasteiger partial charge in [-0.15, -0.1) is 11.3 Å². The molecule has 0 bridgehead atoms. The average molecular weight is 635 g/mol. The first-order chi connectivity index (χ1) is 23.8. The summed E-state index contributed by atoms with van der Waals surface area (Å²) in [4.78, 5) is 15.4. The van der Waals surface area contributed by atoms with Crippen LogP contribution in [-0.4, -0.2) is 19.5 Å². The molecule has 0 saturated heterocycles. The summed E-state index contributed by atoms with van der Waals surface area (Å²) in [5.41, 5.74) is 11.9. The van der Waals surface area contributed by atoms with E-state index in [0.29, 0.717) is 0 Å². The van der Waals surface area contributed by atoms with E-state index in [0.717, 1.165) is 67.7 Å². The van der Waals surface area contributed by atoms with Gasteiger partial charge in [-0.25, -0.2) is 15.0 Å². The van der Waals surface area contributed by atoms with Crippen molar-refractivity contribution >= 4 is 43.4 Å². The van der Waals surface area contributed by atoms with Crippen molar-refractivity contribution in [2.45, 2.75) is 13.3 Å². The first-order valence-corrected chi connectivity index (χ1v) is 17.1. The lowest BCUT2D eigenvalue weighted by molar-refractivity contribution is 1.06. The number of aromatic nitrogens is 4. The van der Waals surface area contributed by atoms with Crippen molar-refractivity contribution in [3.63, 3.8) is 0 Å². The Hall–Kier alpha value is -5.91. The number of thiazole rings is 1. The van der Waals surface area contributed by atoms with Gasteiger partial charge < -0.3 is 4.57 Å². The van der Waals surface area contributed by atoms with Crippen LogP contribution in [0.4, 0.5) is 0 Å². The molecule has 0 aliphatic carbocycles. The van der Waals surface area contributed by atoms with Crippen LogP contribution >= 0.6 is 11.3 Å². The first kappa shape index (κ1) is 28.3. The normalized spacial score (nSPS) is 11.5. The smallest absolute Gasteiger partial charge is 0.160 e. The van der Waals surface area contributed by atoms with Crippen LogP contribution in [0.5, 0.6) is 0 Å². The maximum Gasteiger partial charge on any atom is 0.160 e. The van der Waals surface area contributed by atoms with Crippen LogP contribution in [-0.2, 0) is 6.42 Å². The highest BCUT2D eigenvalue weighted by Gasteiger charge is 2.20. The van der Waals surface area contributed by atoms with Gasteiger partial charge in [0, 0.05) is 44.3 Å². The third kappa shape index (κ3) is 4.71. The molecule has 3 heterocycles. The third-order valence-electron chi connectivity index (χ3n) is 9.06. The Labute approximate surface area is 282 Å². The molecule has 3 aromatic heterocycles. The maximum atomic E-state index is 5.21. The van der Waals surface area contributed by atoms with E-state index in [-0.39, 0.29) is 0 Å². The van der Waals surface area contributed by atoms with E-state index < -0.39 is 0 Å². The zero-order valence-corrected chi connectivity index (χ0v) is 27.2. The zero-order valence-electron chi connectivity index (χ0n) is 26.3. The van der Waals surface area contributed by atoms with E-state index >= 15 is 0 Å². The molecule has 0 fully saturated rings. The van der Waals surface area contributed by atoms with Crippen molar-refractivity contribution in [3.05, 3.63) is 157 Å². The Morgan fingerprint density at radius 1 is 0.542 bits per heavy atom. The number of benzene rings is 6. The summed E-state index contributed by atoms with van der Waals surface area (Å²) in [5, 5.41) is 3.47. The summed E-state index contributed by atoms with van der Waals surface area (Å²) in [6, 6.07) is 53.2. The molecule has 0 spiro atoms. The Morgan fingerprint density at radius 3 is 1.90 bits per heavy atom. The molecule has 48 heavy (non-hydrogen) atoms. The molecular weight excluding hydrogens is 605 g/mol. The van der Waals surface area contributed by atoms with Gasteiger partial charge in [-0.3, -0.25) is 0 Å². The third-order valence-corrected chi connectivity index (χ3v) is 10.1. The molecule has 0 radical (unpaired) electrons. The fourth-order valence-electron chi connectivity index (χ4n) is 6.82. The zero-order chi connectivity index (χ0) is 32.0. The van der Waals surface area contributed by atoms with Crippen molar-refractivity contribution in [1.82, 2.24) is 19.5 Å². The van der Waals surface area contributed by atoms with Gasteiger partial charge in [0.1, 0.15) is 5.01 Å². The van der Waals surface area contributed by atoms with E-state index in [1.165, 1.54) is 26.5 Å². The standard InChI is InChI=1S/C43H30N4S/c1-2-32-39(28-14-5-3-6-15-28)45-42(30-16-7-4-8-17-30)46-40(32)29-24-26-31(27-25-29)47-37-22-11-9-18-33(37)34-19-13-20-35(41(34)47)43-44-36-21-10-12-23-38(36)48-43/h3-27H,2H2,1H3. The van der Waals surface area contributed by atoms with Crippen molar-refractivity contribution in [1.29, 1.82) is 0 Å². The summed E-state index contributed by atoms with van der Waals surface area (Å²) in [5.74, 6) is 0.730. The largest absolute Gasteiger partial charge is 0.309 e. The highest BCUT2D eigenvalue weighted by Crippen LogP contribution is 2.41. The monoisotopic (exact) mass is 634 g/mol. The molecule has 0 N–H and O–H groups in total. The molecule has 0 saturated carbocycles. The van der Waals surface area contributed by atoms with Gasteiger partial charge in [0.25, 0.3) is 0 Å². The second kappa shape index (κ2) is 11.7. The molecule has 6 aromatic carbocycles. The number of rotatable bonds is 6. The molecule has 0 aliphatic rings. The lowest BCUT2D eigenvalue weighted by Crippen LogP contribution is -2.03. The van der Waals surface area contributed by atoms with Gasteiger partial charge >= 0.3 is 0 Å². The van der Waals surface area contributed by atoms with E-state index in [1.807, 2.05) is 24.3 Å². The van der Waals surface area contributed by atoms with Crippen molar-refractivity contribution in [2.24, 2.45) is 0 Å². The average Bonchev–Trinajstić information content (AvgIpc) is 3.75. The minimum Gasteiger partial charge on any atom is -0.309 e. The second-order valence-electron chi connectivity index (χ2n) is 11.9. The molecule has 0 unspecified atom stereocenters. The van der Waals surface area contributed by atoms with Gasteiger partial charge in [-0.1, -0.05) is 122 Å². The number of hydrogen-bond donors (Lipinski definition) is 0. The number of fused-ring (bicyclic) bond motifs is 4. The predicted molar refractivity (Wildman–Crippen MR) is 201 cm³/mol. The molecule has 0 aliphatic heterocycles. The van der Waals surface area contributed by atoms with Crippen LogP contribution in [0.25, 0.3) is 82.2 Å². The SMILES string of the molecule is CCc1c(-c2ccccc2)nc(-c2ccccc2)nc1-c1ccc(-n2c3ccccc3c3cccc(-c4nc5ccccc5s4)c32)cc1. The van der Waals surface area contributed by atoms with Crippen molar-refractivity contribution in [2.75, 3.05) is 0 Å². The lowest BCUT2D eigenvalue weighted by atomic mass is 9.97.